The van der Waals surface area contributed by atoms with E-state index in [0.29, 0.717) is 21.1 Å². The molecule has 96 valence electrons. The summed E-state index contributed by atoms with van der Waals surface area (Å²) in [6, 6.07) is 1.57. The summed E-state index contributed by atoms with van der Waals surface area (Å²) in [6.45, 7) is 0. The molecule has 0 aliphatic heterocycles. The number of benzene rings is 1. The number of halogens is 6. The van der Waals surface area contributed by atoms with Crippen molar-refractivity contribution in [3.8, 4) is 0 Å². The lowest BCUT2D eigenvalue weighted by molar-refractivity contribution is 0.792. The third kappa shape index (κ3) is 5.77. The number of rotatable bonds is 5. The summed E-state index contributed by atoms with van der Waals surface area (Å²) in [5.74, 6) is 0. The Kier molecular flexibility index (Phi) is 6.77. The molecule has 0 aliphatic carbocycles. The number of unbranched alkanes of at least 4 members (excludes halogenated alkanes) is 1. The topological polar surface area (TPSA) is 0 Å². The summed E-state index contributed by atoms with van der Waals surface area (Å²) in [7, 11) is 0. The highest BCUT2D eigenvalue weighted by molar-refractivity contribution is 7.64. The molecule has 0 nitrogen and oxygen atoms in total. The monoisotopic (exact) mass is 368 g/mol. The normalized spacial score (nSPS) is 11.9. The maximum Gasteiger partial charge on any atom is 0.341 e. The fourth-order valence-electron chi connectivity index (χ4n) is 1.43. The molecule has 0 atom stereocenters. The second-order valence-corrected chi connectivity index (χ2v) is 14.1. The molecule has 0 N–H and O–H groups in total. The minimum Gasteiger partial charge on any atom is -0.126 e. The van der Waals surface area contributed by atoms with Gasteiger partial charge in [0.2, 0.25) is 0 Å². The highest BCUT2D eigenvalue weighted by Crippen LogP contribution is 2.33. The number of hydrogen-bond acceptors (Lipinski definition) is 0. The van der Waals surface area contributed by atoms with Crippen molar-refractivity contribution in [3.05, 3.63) is 32.8 Å². The second kappa shape index (κ2) is 7.09. The molecule has 1 aromatic rings. The largest absolute Gasteiger partial charge is 0.341 e. The van der Waals surface area contributed by atoms with Gasteiger partial charge in [-0.25, -0.2) is 0 Å². The zero-order chi connectivity index (χ0) is 13.1. The van der Waals surface area contributed by atoms with Crippen LogP contribution in [0.15, 0.2) is 12.1 Å². The first-order valence-corrected chi connectivity index (χ1v) is 11.4. The van der Waals surface area contributed by atoms with Gasteiger partial charge in [0.15, 0.2) is 0 Å². The Morgan fingerprint density at radius 2 is 1.47 bits per heavy atom. The van der Waals surface area contributed by atoms with Gasteiger partial charge in [0.25, 0.3) is 0 Å². The van der Waals surface area contributed by atoms with Crippen molar-refractivity contribution in [3.63, 3.8) is 0 Å². The van der Waals surface area contributed by atoms with E-state index in [1.54, 1.807) is 12.1 Å². The molecular weight excluding hydrogens is 361 g/mol. The van der Waals surface area contributed by atoms with Gasteiger partial charge in [-0.05, 0) is 36.6 Å². The molecule has 0 saturated heterocycles. The molecule has 0 bridgehead atoms. The second-order valence-electron chi connectivity index (χ2n) is 3.64. The zero-order valence-corrected chi connectivity index (χ0v) is 14.3. The smallest absolute Gasteiger partial charge is 0.126 e. The van der Waals surface area contributed by atoms with Crippen LogP contribution in [-0.4, -0.2) is 6.00 Å². The van der Waals surface area contributed by atoms with Gasteiger partial charge in [0, 0.05) is 5.02 Å². The molecule has 0 fully saturated rings. The molecule has 0 spiro atoms. The van der Waals surface area contributed by atoms with Gasteiger partial charge in [0.05, 0.1) is 10.0 Å². The molecule has 1 aromatic carbocycles. The Morgan fingerprint density at radius 1 is 0.882 bits per heavy atom. The molecule has 0 unspecified atom stereocenters. The Hall–Kier alpha value is 1.18. The minimum atomic E-state index is -2.51. The van der Waals surface area contributed by atoms with Crippen molar-refractivity contribution >= 4 is 74.0 Å². The minimum absolute atomic E-state index is 0.516. The lowest BCUT2D eigenvalue weighted by atomic mass is 10.1. The Morgan fingerprint density at radius 3 is 2.06 bits per heavy atom. The average Bonchev–Trinajstić information content (AvgIpc) is 2.21. The lowest BCUT2D eigenvalue weighted by Crippen LogP contribution is -2.08. The van der Waals surface area contributed by atoms with Gasteiger partial charge >= 0.3 is 6.00 Å². The summed E-state index contributed by atoms with van der Waals surface area (Å²) in [4.78, 5) is 0. The molecule has 17 heavy (non-hydrogen) atoms. The van der Waals surface area contributed by atoms with E-state index < -0.39 is 6.00 Å². The molecular formula is C10H10Cl6Si. The van der Waals surface area contributed by atoms with Crippen LogP contribution in [0.1, 0.15) is 18.4 Å². The number of hydrogen-bond donors (Lipinski definition) is 0. The fourth-order valence-corrected chi connectivity index (χ4v) is 4.02. The van der Waals surface area contributed by atoms with Crippen molar-refractivity contribution < 1.29 is 0 Å². The Bertz CT molecular complexity index is 387. The van der Waals surface area contributed by atoms with Gasteiger partial charge in [-0.1, -0.05) is 41.2 Å². The summed E-state index contributed by atoms with van der Waals surface area (Å²) < 4.78 is 0. The van der Waals surface area contributed by atoms with Crippen molar-refractivity contribution in [1.29, 1.82) is 0 Å². The third-order valence-corrected chi connectivity index (χ3v) is 6.09. The summed E-state index contributed by atoms with van der Waals surface area (Å²) >= 11 is 35.5. The Labute approximate surface area is 131 Å². The van der Waals surface area contributed by atoms with Crippen molar-refractivity contribution in [2.45, 2.75) is 25.3 Å². The van der Waals surface area contributed by atoms with Crippen LogP contribution in [0.3, 0.4) is 0 Å². The van der Waals surface area contributed by atoms with Crippen LogP contribution in [-0.2, 0) is 6.42 Å². The molecule has 0 heterocycles. The van der Waals surface area contributed by atoms with E-state index in [9.17, 15) is 0 Å². The molecule has 0 aromatic heterocycles. The first-order chi connectivity index (χ1) is 7.81. The van der Waals surface area contributed by atoms with Gasteiger partial charge in [-0.15, -0.1) is 33.2 Å². The maximum atomic E-state index is 6.08. The third-order valence-electron chi connectivity index (χ3n) is 2.28. The standard InChI is InChI=1S/C10H10Cl6Si/c11-8-4-5-9(12)10(13)7(8)3-1-2-6-17(14,15)16/h4-5H,1-3,6H2. The summed E-state index contributed by atoms with van der Waals surface area (Å²) in [5, 5.41) is 1.66. The van der Waals surface area contributed by atoms with Crippen LogP contribution in [0.2, 0.25) is 21.1 Å². The fraction of sp³-hybridized carbons (Fsp3) is 0.400. The maximum absolute atomic E-state index is 6.08. The van der Waals surface area contributed by atoms with Crippen molar-refractivity contribution in [2.24, 2.45) is 0 Å². The predicted molar refractivity (Wildman–Crippen MR) is 82.5 cm³/mol. The van der Waals surface area contributed by atoms with E-state index in [-0.39, 0.29) is 0 Å². The van der Waals surface area contributed by atoms with E-state index in [4.69, 9.17) is 68.0 Å². The van der Waals surface area contributed by atoms with Crippen LogP contribution in [0.25, 0.3) is 0 Å². The first kappa shape index (κ1) is 16.2. The van der Waals surface area contributed by atoms with Crippen LogP contribution in [0.4, 0.5) is 0 Å². The van der Waals surface area contributed by atoms with Crippen LogP contribution in [0, 0.1) is 0 Å². The first-order valence-electron chi connectivity index (χ1n) is 5.00. The zero-order valence-electron chi connectivity index (χ0n) is 8.75. The van der Waals surface area contributed by atoms with Crippen molar-refractivity contribution in [2.75, 3.05) is 0 Å². The predicted octanol–water partition coefficient (Wildman–Crippen LogP) is 6.62. The lowest BCUT2D eigenvalue weighted by Gasteiger charge is -2.10. The van der Waals surface area contributed by atoms with E-state index in [1.807, 2.05) is 0 Å². The molecule has 7 heteroatoms. The summed E-state index contributed by atoms with van der Waals surface area (Å²) in [6.07, 6.45) is 2.47. The van der Waals surface area contributed by atoms with Crippen LogP contribution in [0.5, 0.6) is 0 Å². The molecule has 0 saturated carbocycles. The van der Waals surface area contributed by atoms with Gasteiger partial charge in [-0.2, -0.15) is 0 Å². The SMILES string of the molecule is Clc1ccc(Cl)c(CCCC[Si](Cl)(Cl)Cl)c1Cl. The Balaban J connectivity index is 2.55. The van der Waals surface area contributed by atoms with Gasteiger partial charge < -0.3 is 0 Å². The van der Waals surface area contributed by atoms with Crippen LogP contribution < -0.4 is 0 Å². The van der Waals surface area contributed by atoms with E-state index in [0.717, 1.165) is 24.8 Å². The summed E-state index contributed by atoms with van der Waals surface area (Å²) in [5.41, 5.74) is 0.867. The van der Waals surface area contributed by atoms with Gasteiger partial charge in [0.1, 0.15) is 0 Å². The average molecular weight is 371 g/mol. The highest BCUT2D eigenvalue weighted by Gasteiger charge is 2.23. The quantitative estimate of drug-likeness (QED) is 0.236. The van der Waals surface area contributed by atoms with E-state index in [2.05, 4.69) is 0 Å². The molecule has 0 radical (unpaired) electrons. The van der Waals surface area contributed by atoms with E-state index in [1.165, 1.54) is 0 Å². The molecule has 0 aliphatic rings. The molecule has 0 amide bonds. The molecule has 1 rings (SSSR count). The highest BCUT2D eigenvalue weighted by atomic mass is 35.8. The van der Waals surface area contributed by atoms with E-state index >= 15 is 0 Å². The van der Waals surface area contributed by atoms with Gasteiger partial charge in [-0.3, -0.25) is 0 Å². The van der Waals surface area contributed by atoms with Crippen molar-refractivity contribution in [1.82, 2.24) is 0 Å². The van der Waals surface area contributed by atoms with Crippen LogP contribution >= 0.6 is 68.0 Å².